The molecule has 2 nitrogen and oxygen atoms in total. The summed E-state index contributed by atoms with van der Waals surface area (Å²) in [6, 6.07) is 10.5. The fourth-order valence-electron chi connectivity index (χ4n) is 1.97. The summed E-state index contributed by atoms with van der Waals surface area (Å²) >= 11 is 1.75. The molecule has 0 spiro atoms. The zero-order chi connectivity index (χ0) is 13.2. The maximum atomic E-state index is 5.82. The van der Waals surface area contributed by atoms with Crippen molar-refractivity contribution in [2.75, 3.05) is 0 Å². The van der Waals surface area contributed by atoms with E-state index >= 15 is 0 Å². The normalized spacial score (nSPS) is 11.8. The zero-order valence-electron chi connectivity index (χ0n) is 11.2. The Balaban J connectivity index is 2.28. The van der Waals surface area contributed by atoms with Gasteiger partial charge in [0.1, 0.15) is 0 Å². The monoisotopic (exact) mass is 260 g/mol. The Morgan fingerprint density at radius 3 is 2.33 bits per heavy atom. The molecular weight excluding hydrogens is 240 g/mol. The summed E-state index contributed by atoms with van der Waals surface area (Å²) in [5, 5.41) is 1.16. The van der Waals surface area contributed by atoms with Crippen LogP contribution < -0.4 is 5.73 Å². The van der Waals surface area contributed by atoms with Crippen LogP contribution in [0.5, 0.6) is 0 Å². The first-order chi connectivity index (χ1) is 8.50. The first-order valence-corrected chi connectivity index (χ1v) is 7.05. The lowest BCUT2D eigenvalue weighted by Gasteiger charge is -2.16. The lowest BCUT2D eigenvalue weighted by atomic mass is 9.91. The predicted molar refractivity (Wildman–Crippen MR) is 78.0 cm³/mol. The second-order valence-corrected chi connectivity index (χ2v) is 6.66. The van der Waals surface area contributed by atoms with E-state index in [4.69, 9.17) is 10.7 Å². The summed E-state index contributed by atoms with van der Waals surface area (Å²) in [6.07, 6.45) is 0.897. The zero-order valence-corrected chi connectivity index (χ0v) is 12.1. The van der Waals surface area contributed by atoms with Crippen LogP contribution in [-0.2, 0) is 18.4 Å². The van der Waals surface area contributed by atoms with Crippen LogP contribution in [0.3, 0.4) is 0 Å². The minimum Gasteiger partial charge on any atom is -0.326 e. The Morgan fingerprint density at radius 2 is 1.83 bits per heavy atom. The van der Waals surface area contributed by atoms with Gasteiger partial charge in [0.05, 0.1) is 10.7 Å². The van der Waals surface area contributed by atoms with Crippen LogP contribution in [0.4, 0.5) is 0 Å². The van der Waals surface area contributed by atoms with E-state index in [1.165, 1.54) is 10.4 Å². The van der Waals surface area contributed by atoms with Crippen LogP contribution in [0.1, 0.15) is 41.9 Å². The lowest BCUT2D eigenvalue weighted by Crippen LogP contribution is -2.15. The van der Waals surface area contributed by atoms with Gasteiger partial charge in [-0.15, -0.1) is 11.3 Å². The van der Waals surface area contributed by atoms with Gasteiger partial charge in [-0.25, -0.2) is 4.98 Å². The van der Waals surface area contributed by atoms with Crippen molar-refractivity contribution >= 4 is 11.3 Å². The fourth-order valence-corrected chi connectivity index (χ4v) is 3.16. The topological polar surface area (TPSA) is 38.9 Å². The highest BCUT2D eigenvalue weighted by Gasteiger charge is 2.22. The molecular formula is C15H20N2S. The van der Waals surface area contributed by atoms with Crippen LogP contribution in [0.2, 0.25) is 0 Å². The van der Waals surface area contributed by atoms with E-state index in [9.17, 15) is 0 Å². The van der Waals surface area contributed by atoms with Gasteiger partial charge in [-0.1, -0.05) is 51.1 Å². The molecule has 0 fully saturated rings. The number of hydrogen-bond donors (Lipinski definition) is 1. The summed E-state index contributed by atoms with van der Waals surface area (Å²) in [7, 11) is 0. The second-order valence-electron chi connectivity index (χ2n) is 5.50. The van der Waals surface area contributed by atoms with Crippen molar-refractivity contribution in [3.05, 3.63) is 51.5 Å². The highest BCUT2D eigenvalue weighted by molar-refractivity contribution is 7.11. The predicted octanol–water partition coefficient (Wildman–Crippen LogP) is 3.49. The van der Waals surface area contributed by atoms with Gasteiger partial charge in [-0.3, -0.25) is 0 Å². The number of benzene rings is 1. The van der Waals surface area contributed by atoms with Crippen molar-refractivity contribution in [2.45, 2.75) is 39.2 Å². The van der Waals surface area contributed by atoms with Crippen molar-refractivity contribution in [1.29, 1.82) is 0 Å². The minimum atomic E-state index is 0.0696. The highest BCUT2D eigenvalue weighted by Crippen LogP contribution is 2.30. The third kappa shape index (κ3) is 2.98. The van der Waals surface area contributed by atoms with Gasteiger partial charge in [-0.05, 0) is 5.56 Å². The number of rotatable bonds is 3. The summed E-state index contributed by atoms with van der Waals surface area (Å²) < 4.78 is 0. The molecule has 18 heavy (non-hydrogen) atoms. The molecule has 0 saturated heterocycles. The maximum Gasteiger partial charge on any atom is 0.0975 e. The second kappa shape index (κ2) is 5.21. The standard InChI is InChI=1S/C15H20N2S/c1-15(2,3)14-12(10-16)18-13(17-14)9-11-7-5-4-6-8-11/h4-8H,9-10,16H2,1-3H3. The van der Waals surface area contributed by atoms with Crippen molar-refractivity contribution in [3.8, 4) is 0 Å². The molecule has 3 heteroatoms. The molecule has 0 atom stereocenters. The molecule has 0 aliphatic rings. The average Bonchev–Trinajstić information content (AvgIpc) is 2.73. The van der Waals surface area contributed by atoms with Crippen LogP contribution in [0.25, 0.3) is 0 Å². The Kier molecular flexibility index (Phi) is 3.83. The SMILES string of the molecule is CC(C)(C)c1nc(Cc2ccccc2)sc1CN. The first-order valence-electron chi connectivity index (χ1n) is 6.24. The van der Waals surface area contributed by atoms with Crippen LogP contribution in [-0.4, -0.2) is 4.98 Å². The van der Waals surface area contributed by atoms with Gasteiger partial charge >= 0.3 is 0 Å². The average molecular weight is 260 g/mol. The molecule has 0 aliphatic heterocycles. The summed E-state index contributed by atoms with van der Waals surface area (Å²) in [5.41, 5.74) is 8.35. The molecule has 0 radical (unpaired) electrons. The van der Waals surface area contributed by atoms with E-state index in [2.05, 4.69) is 45.0 Å². The third-order valence-corrected chi connectivity index (χ3v) is 3.91. The Bertz CT molecular complexity index is 509. The van der Waals surface area contributed by atoms with Crippen molar-refractivity contribution in [3.63, 3.8) is 0 Å². The van der Waals surface area contributed by atoms with Crippen molar-refractivity contribution in [1.82, 2.24) is 4.98 Å². The molecule has 2 rings (SSSR count). The molecule has 0 saturated carbocycles. The van der Waals surface area contributed by atoms with Gasteiger partial charge in [0.25, 0.3) is 0 Å². The smallest absolute Gasteiger partial charge is 0.0975 e. The first kappa shape index (κ1) is 13.2. The van der Waals surface area contributed by atoms with Gasteiger partial charge < -0.3 is 5.73 Å². The van der Waals surface area contributed by atoms with E-state index in [0.717, 1.165) is 17.1 Å². The molecule has 0 unspecified atom stereocenters. The molecule has 1 aromatic heterocycles. The summed E-state index contributed by atoms with van der Waals surface area (Å²) in [5.74, 6) is 0. The molecule has 1 aromatic carbocycles. The molecule has 2 N–H and O–H groups in total. The van der Waals surface area contributed by atoms with E-state index in [0.29, 0.717) is 6.54 Å². The Morgan fingerprint density at radius 1 is 1.17 bits per heavy atom. The number of nitrogens with two attached hydrogens (primary N) is 1. The number of aromatic nitrogens is 1. The van der Waals surface area contributed by atoms with Crippen LogP contribution in [0.15, 0.2) is 30.3 Å². The Hall–Kier alpha value is -1.19. The summed E-state index contributed by atoms with van der Waals surface area (Å²) in [4.78, 5) is 6.00. The van der Waals surface area contributed by atoms with Crippen LogP contribution >= 0.6 is 11.3 Å². The number of nitrogens with zero attached hydrogens (tertiary/aromatic N) is 1. The van der Waals surface area contributed by atoms with Crippen LogP contribution in [0, 0.1) is 0 Å². The molecule has 0 aliphatic carbocycles. The molecule has 1 heterocycles. The highest BCUT2D eigenvalue weighted by atomic mass is 32.1. The van der Waals surface area contributed by atoms with Gasteiger partial charge in [0.15, 0.2) is 0 Å². The number of thiazole rings is 1. The molecule has 0 amide bonds. The molecule has 0 bridgehead atoms. The largest absolute Gasteiger partial charge is 0.326 e. The van der Waals surface area contributed by atoms with E-state index < -0.39 is 0 Å². The Labute approximate surface area is 113 Å². The van der Waals surface area contributed by atoms with Gasteiger partial charge in [0, 0.05) is 23.3 Å². The van der Waals surface area contributed by atoms with Gasteiger partial charge in [0.2, 0.25) is 0 Å². The quantitative estimate of drug-likeness (QED) is 0.917. The van der Waals surface area contributed by atoms with Crippen molar-refractivity contribution < 1.29 is 0 Å². The third-order valence-electron chi connectivity index (χ3n) is 2.84. The van der Waals surface area contributed by atoms with E-state index in [-0.39, 0.29) is 5.41 Å². The van der Waals surface area contributed by atoms with Gasteiger partial charge in [-0.2, -0.15) is 0 Å². The van der Waals surface area contributed by atoms with Crippen molar-refractivity contribution in [2.24, 2.45) is 5.73 Å². The molecule has 2 aromatic rings. The number of hydrogen-bond acceptors (Lipinski definition) is 3. The van der Waals surface area contributed by atoms with E-state index in [1.807, 2.05) is 6.07 Å². The van der Waals surface area contributed by atoms with E-state index in [1.54, 1.807) is 11.3 Å². The lowest BCUT2D eigenvalue weighted by molar-refractivity contribution is 0.565. The maximum absolute atomic E-state index is 5.82. The minimum absolute atomic E-state index is 0.0696. The fraction of sp³-hybridized carbons (Fsp3) is 0.400. The molecule has 96 valence electrons. The summed E-state index contributed by atoms with van der Waals surface area (Å²) in [6.45, 7) is 7.15.